The number of halogens is 2. The van der Waals surface area contributed by atoms with Gasteiger partial charge < -0.3 is 16.0 Å². The summed E-state index contributed by atoms with van der Waals surface area (Å²) in [6.07, 6.45) is 5.92. The van der Waals surface area contributed by atoms with Crippen LogP contribution in [0.2, 0.25) is 0 Å². The number of nitrogens with two attached hydrogens (primary N) is 1. The van der Waals surface area contributed by atoms with Crippen LogP contribution in [0.1, 0.15) is 46.7 Å². The van der Waals surface area contributed by atoms with E-state index in [0.717, 1.165) is 30.3 Å². The topological polar surface area (TPSA) is 71.2 Å². The summed E-state index contributed by atoms with van der Waals surface area (Å²) in [7, 11) is 0. The Morgan fingerprint density at radius 2 is 1.90 bits per heavy atom. The number of amides is 1. The van der Waals surface area contributed by atoms with Gasteiger partial charge in [-0.1, -0.05) is 30.3 Å². The number of piperidine rings is 1. The van der Waals surface area contributed by atoms with E-state index < -0.39 is 0 Å². The van der Waals surface area contributed by atoms with Crippen LogP contribution in [0.3, 0.4) is 0 Å². The Bertz CT molecular complexity index is 706. The van der Waals surface area contributed by atoms with Gasteiger partial charge in [0.1, 0.15) is 10.7 Å². The Morgan fingerprint density at radius 3 is 2.55 bits per heavy atom. The van der Waals surface area contributed by atoms with E-state index in [4.69, 9.17) is 5.73 Å². The molecule has 0 spiro atoms. The van der Waals surface area contributed by atoms with Crippen LogP contribution < -0.4 is 11.1 Å². The van der Waals surface area contributed by atoms with Crippen LogP contribution in [-0.4, -0.2) is 42.0 Å². The van der Waals surface area contributed by atoms with Crippen LogP contribution >= 0.6 is 36.2 Å². The Kier molecular flexibility index (Phi) is 12.4. The highest BCUT2D eigenvalue weighted by atomic mass is 35.5. The molecule has 1 fully saturated rings. The van der Waals surface area contributed by atoms with E-state index in [-0.39, 0.29) is 30.7 Å². The highest BCUT2D eigenvalue weighted by molar-refractivity contribution is 7.09. The third-order valence-corrected chi connectivity index (χ3v) is 6.09. The second-order valence-electron chi connectivity index (χ2n) is 7.27. The predicted octanol–water partition coefficient (Wildman–Crippen LogP) is 3.91. The predicted molar refractivity (Wildman–Crippen MR) is 125 cm³/mol. The number of thiazole rings is 1. The third-order valence-electron chi connectivity index (χ3n) is 5.22. The van der Waals surface area contributed by atoms with E-state index in [0.29, 0.717) is 18.8 Å². The van der Waals surface area contributed by atoms with Crippen LogP contribution in [0.15, 0.2) is 35.7 Å². The minimum absolute atomic E-state index is 0. The van der Waals surface area contributed by atoms with Crippen molar-refractivity contribution in [2.75, 3.05) is 26.2 Å². The molecule has 3 N–H and O–H groups in total. The van der Waals surface area contributed by atoms with Gasteiger partial charge in [0.2, 0.25) is 0 Å². The van der Waals surface area contributed by atoms with Crippen molar-refractivity contribution < 1.29 is 4.79 Å². The van der Waals surface area contributed by atoms with Crippen molar-refractivity contribution in [3.63, 3.8) is 0 Å². The van der Waals surface area contributed by atoms with Gasteiger partial charge in [-0.05, 0) is 63.2 Å². The standard InChI is InChI=1S/C21H30N4OS.2ClH/c22-15-20-24-19(16-27-20)21(26)23-10-4-5-11-25-12-8-18(9-13-25)14-17-6-2-1-3-7-17;;/h1-3,6-7,16,18H,4-5,8-15,22H2,(H,23,26);2*1H. The number of hydrogen-bond acceptors (Lipinski definition) is 5. The number of carbonyl (C=O) groups is 1. The van der Waals surface area contributed by atoms with E-state index in [9.17, 15) is 4.79 Å². The zero-order chi connectivity index (χ0) is 18.9. The molecular weight excluding hydrogens is 427 g/mol. The van der Waals surface area contributed by atoms with E-state index in [1.54, 1.807) is 5.38 Å². The number of unbranched alkanes of at least 4 members (excludes halogenated alkanes) is 1. The molecule has 0 radical (unpaired) electrons. The van der Waals surface area contributed by atoms with E-state index in [1.165, 1.54) is 49.3 Å². The molecule has 1 aliphatic heterocycles. The molecule has 162 valence electrons. The van der Waals surface area contributed by atoms with Crippen LogP contribution in [0.5, 0.6) is 0 Å². The van der Waals surface area contributed by atoms with Crippen LogP contribution in [-0.2, 0) is 13.0 Å². The molecule has 0 aliphatic carbocycles. The molecule has 5 nitrogen and oxygen atoms in total. The van der Waals surface area contributed by atoms with Gasteiger partial charge in [0, 0.05) is 18.5 Å². The molecule has 1 aliphatic rings. The lowest BCUT2D eigenvalue weighted by Crippen LogP contribution is -2.35. The summed E-state index contributed by atoms with van der Waals surface area (Å²) in [5.74, 6) is 0.729. The molecule has 1 aromatic heterocycles. The summed E-state index contributed by atoms with van der Waals surface area (Å²) in [5, 5.41) is 5.53. The second-order valence-corrected chi connectivity index (χ2v) is 8.21. The first-order valence-electron chi connectivity index (χ1n) is 9.93. The summed E-state index contributed by atoms with van der Waals surface area (Å²) in [6.45, 7) is 4.62. The summed E-state index contributed by atoms with van der Waals surface area (Å²) < 4.78 is 0. The molecule has 8 heteroatoms. The van der Waals surface area contributed by atoms with Gasteiger partial charge in [-0.3, -0.25) is 4.79 Å². The van der Waals surface area contributed by atoms with Crippen molar-refractivity contribution in [2.24, 2.45) is 11.7 Å². The second kappa shape index (κ2) is 13.9. The van der Waals surface area contributed by atoms with Crippen molar-refractivity contribution in [2.45, 2.75) is 38.6 Å². The van der Waals surface area contributed by atoms with E-state index in [1.807, 2.05) is 0 Å². The molecule has 1 saturated heterocycles. The Hall–Kier alpha value is -1.18. The summed E-state index contributed by atoms with van der Waals surface area (Å²) >= 11 is 1.44. The summed E-state index contributed by atoms with van der Waals surface area (Å²) in [4.78, 5) is 18.8. The minimum Gasteiger partial charge on any atom is -0.351 e. The fourth-order valence-corrected chi connectivity index (χ4v) is 4.28. The van der Waals surface area contributed by atoms with E-state index >= 15 is 0 Å². The first kappa shape index (κ1) is 25.9. The Morgan fingerprint density at radius 1 is 1.17 bits per heavy atom. The molecule has 29 heavy (non-hydrogen) atoms. The van der Waals surface area contributed by atoms with Gasteiger partial charge >= 0.3 is 0 Å². The normalized spacial score (nSPS) is 14.7. The third kappa shape index (κ3) is 8.60. The lowest BCUT2D eigenvalue weighted by molar-refractivity contribution is 0.0947. The molecule has 2 aromatic rings. The summed E-state index contributed by atoms with van der Waals surface area (Å²) in [6, 6.07) is 10.8. The summed E-state index contributed by atoms with van der Waals surface area (Å²) in [5.41, 5.74) is 7.48. The van der Waals surface area contributed by atoms with Gasteiger partial charge in [0.15, 0.2) is 0 Å². The molecule has 0 saturated carbocycles. The highest BCUT2D eigenvalue weighted by Gasteiger charge is 2.19. The van der Waals surface area contributed by atoms with Crippen molar-refractivity contribution in [1.82, 2.24) is 15.2 Å². The van der Waals surface area contributed by atoms with Crippen LogP contribution in [0.4, 0.5) is 0 Å². The molecule has 0 atom stereocenters. The fourth-order valence-electron chi connectivity index (χ4n) is 3.62. The Labute approximate surface area is 190 Å². The Balaban J connectivity index is 0.00000210. The van der Waals surface area contributed by atoms with Crippen LogP contribution in [0.25, 0.3) is 0 Å². The molecule has 0 bridgehead atoms. The maximum atomic E-state index is 12.0. The van der Waals surface area contributed by atoms with Gasteiger partial charge in [-0.15, -0.1) is 36.2 Å². The SMILES string of the molecule is Cl.Cl.NCc1nc(C(=O)NCCCCN2CCC(Cc3ccccc3)CC2)cs1. The average Bonchev–Trinajstić information content (AvgIpc) is 3.19. The maximum Gasteiger partial charge on any atom is 0.270 e. The first-order valence-corrected chi connectivity index (χ1v) is 10.8. The number of rotatable bonds is 9. The number of hydrogen-bond donors (Lipinski definition) is 2. The number of carbonyl (C=O) groups excluding carboxylic acids is 1. The molecule has 1 aromatic carbocycles. The highest BCUT2D eigenvalue weighted by Crippen LogP contribution is 2.21. The van der Waals surface area contributed by atoms with E-state index in [2.05, 4.69) is 45.5 Å². The zero-order valence-corrected chi connectivity index (χ0v) is 19.2. The smallest absolute Gasteiger partial charge is 0.270 e. The van der Waals surface area contributed by atoms with Gasteiger partial charge in [-0.25, -0.2) is 4.98 Å². The van der Waals surface area contributed by atoms with Crippen molar-refractivity contribution in [3.05, 3.63) is 52.0 Å². The number of nitrogens with one attached hydrogen (secondary N) is 1. The number of nitrogens with zero attached hydrogens (tertiary/aromatic N) is 2. The molecular formula is C21H32Cl2N4OS. The van der Waals surface area contributed by atoms with Crippen molar-refractivity contribution >= 4 is 42.1 Å². The minimum atomic E-state index is -0.0901. The number of benzene rings is 1. The first-order chi connectivity index (χ1) is 13.2. The monoisotopic (exact) mass is 458 g/mol. The maximum absolute atomic E-state index is 12.0. The quantitative estimate of drug-likeness (QED) is 0.558. The van der Waals surface area contributed by atoms with Gasteiger partial charge in [0.25, 0.3) is 5.91 Å². The molecule has 3 rings (SSSR count). The average molecular weight is 459 g/mol. The van der Waals surface area contributed by atoms with Gasteiger partial charge in [0.05, 0.1) is 0 Å². The lowest BCUT2D eigenvalue weighted by atomic mass is 9.90. The molecule has 1 amide bonds. The van der Waals surface area contributed by atoms with Gasteiger partial charge in [-0.2, -0.15) is 0 Å². The number of aromatic nitrogens is 1. The van der Waals surface area contributed by atoms with Crippen molar-refractivity contribution in [3.8, 4) is 0 Å². The zero-order valence-electron chi connectivity index (χ0n) is 16.7. The van der Waals surface area contributed by atoms with Crippen LogP contribution in [0, 0.1) is 5.92 Å². The number of likely N-dealkylation sites (tertiary alicyclic amines) is 1. The lowest BCUT2D eigenvalue weighted by Gasteiger charge is -2.32. The molecule has 2 heterocycles. The van der Waals surface area contributed by atoms with Crippen molar-refractivity contribution in [1.29, 1.82) is 0 Å². The largest absolute Gasteiger partial charge is 0.351 e. The molecule has 0 unspecified atom stereocenters. The fraction of sp³-hybridized carbons (Fsp3) is 0.524.